The predicted molar refractivity (Wildman–Crippen MR) is 40.0 cm³/mol. The summed E-state index contributed by atoms with van der Waals surface area (Å²) in [5.41, 5.74) is 0. The zero-order chi connectivity index (χ0) is 5.54. The summed E-state index contributed by atoms with van der Waals surface area (Å²) in [6.45, 7) is 1.02. The van der Waals surface area contributed by atoms with E-state index in [-0.39, 0.29) is 0 Å². The third kappa shape index (κ3) is 6.66. The number of thiol groups is 1. The van der Waals surface area contributed by atoms with Gasteiger partial charge in [0.25, 0.3) is 0 Å². The van der Waals surface area contributed by atoms with E-state index in [9.17, 15) is 0 Å². The molecule has 7 heavy (non-hydrogen) atoms. The molecule has 0 rings (SSSR count). The Morgan fingerprint density at radius 3 is 2.86 bits per heavy atom. The van der Waals surface area contributed by atoms with Crippen LogP contribution in [0.5, 0.6) is 0 Å². The first-order valence-corrected chi connectivity index (χ1v) is 4.12. The summed E-state index contributed by atoms with van der Waals surface area (Å²) in [5.74, 6) is 1.23. The first-order chi connectivity index (χ1) is 3.41. The standard InChI is InChI=1S/C4H11NS2/c1-7-4-2-3-5-6/h5-6H,2-4H2,1H3. The van der Waals surface area contributed by atoms with Gasteiger partial charge in [-0.15, -0.1) is 0 Å². The molecule has 3 heteroatoms. The zero-order valence-corrected chi connectivity index (χ0v) is 6.19. The highest BCUT2D eigenvalue weighted by atomic mass is 32.2. The molecule has 0 atom stereocenters. The summed E-state index contributed by atoms with van der Waals surface area (Å²) >= 11 is 5.70. The molecule has 0 unspecified atom stereocenters. The fraction of sp³-hybridized carbons (Fsp3) is 1.00. The number of nitrogens with one attached hydrogen (secondary N) is 1. The molecule has 0 spiro atoms. The molecule has 44 valence electrons. The third-order valence-corrected chi connectivity index (χ3v) is 1.56. The van der Waals surface area contributed by atoms with E-state index in [1.807, 2.05) is 11.8 Å². The van der Waals surface area contributed by atoms with Crippen molar-refractivity contribution >= 4 is 24.6 Å². The molecule has 0 saturated carbocycles. The lowest BCUT2D eigenvalue weighted by molar-refractivity contribution is 0.892. The molecule has 0 aromatic rings. The van der Waals surface area contributed by atoms with Crippen LogP contribution in [0, 0.1) is 0 Å². The van der Waals surface area contributed by atoms with Gasteiger partial charge in [0.05, 0.1) is 0 Å². The van der Waals surface area contributed by atoms with E-state index in [2.05, 4.69) is 23.8 Å². The molecule has 0 saturated heterocycles. The van der Waals surface area contributed by atoms with Crippen LogP contribution in [0.4, 0.5) is 0 Å². The molecule has 0 aliphatic heterocycles. The molecule has 0 aromatic carbocycles. The summed E-state index contributed by atoms with van der Waals surface area (Å²) in [5, 5.41) is 0. The summed E-state index contributed by atoms with van der Waals surface area (Å²) in [7, 11) is 0. The van der Waals surface area contributed by atoms with Crippen LogP contribution in [0.2, 0.25) is 0 Å². The van der Waals surface area contributed by atoms with Gasteiger partial charge in [0.1, 0.15) is 0 Å². The average Bonchev–Trinajstić information content (AvgIpc) is 1.69. The highest BCUT2D eigenvalue weighted by molar-refractivity contribution is 7.98. The van der Waals surface area contributed by atoms with Crippen LogP contribution in [-0.2, 0) is 0 Å². The highest BCUT2D eigenvalue weighted by Gasteiger charge is 1.79. The molecule has 0 radical (unpaired) electrons. The Morgan fingerprint density at radius 2 is 2.43 bits per heavy atom. The van der Waals surface area contributed by atoms with Crippen LogP contribution >= 0.6 is 24.6 Å². The predicted octanol–water partition coefficient (Wildman–Crippen LogP) is 1.17. The molecule has 0 bridgehead atoms. The van der Waals surface area contributed by atoms with Crippen molar-refractivity contribution in [3.8, 4) is 0 Å². The fourth-order valence-electron chi connectivity index (χ4n) is 0.296. The summed E-state index contributed by atoms with van der Waals surface area (Å²) in [4.78, 5) is 0. The lowest BCUT2D eigenvalue weighted by Gasteiger charge is -1.92. The Bertz CT molecular complexity index is 28.9. The van der Waals surface area contributed by atoms with Crippen LogP contribution in [0.1, 0.15) is 6.42 Å². The van der Waals surface area contributed by atoms with Crippen LogP contribution in [0.25, 0.3) is 0 Å². The molecular formula is C4H11NS2. The van der Waals surface area contributed by atoms with Gasteiger partial charge in [-0.3, -0.25) is 4.72 Å². The Labute approximate surface area is 54.8 Å². The molecule has 0 fully saturated rings. The Kier molecular flexibility index (Phi) is 7.29. The lowest BCUT2D eigenvalue weighted by Crippen LogP contribution is -2.01. The van der Waals surface area contributed by atoms with Crippen molar-refractivity contribution in [1.29, 1.82) is 0 Å². The maximum absolute atomic E-state index is 3.83. The third-order valence-electron chi connectivity index (χ3n) is 0.637. The van der Waals surface area contributed by atoms with Crippen molar-refractivity contribution in [1.82, 2.24) is 4.72 Å². The number of thioether (sulfide) groups is 1. The van der Waals surface area contributed by atoms with Crippen molar-refractivity contribution in [3.05, 3.63) is 0 Å². The molecule has 0 amide bonds. The van der Waals surface area contributed by atoms with Gasteiger partial charge in [-0.2, -0.15) is 11.8 Å². The van der Waals surface area contributed by atoms with Crippen molar-refractivity contribution in [2.24, 2.45) is 0 Å². The number of hydrogen-bond acceptors (Lipinski definition) is 3. The maximum atomic E-state index is 3.83. The van der Waals surface area contributed by atoms with Crippen LogP contribution in [-0.4, -0.2) is 18.6 Å². The van der Waals surface area contributed by atoms with Gasteiger partial charge in [0, 0.05) is 6.54 Å². The average molecular weight is 137 g/mol. The SMILES string of the molecule is CSCCCNS. The Hall–Kier alpha value is 0.660. The van der Waals surface area contributed by atoms with Gasteiger partial charge in [-0.05, 0) is 18.4 Å². The minimum Gasteiger partial charge on any atom is -0.267 e. The number of rotatable bonds is 4. The van der Waals surface area contributed by atoms with Gasteiger partial charge in [0.2, 0.25) is 0 Å². The smallest absolute Gasteiger partial charge is 0.00640 e. The van der Waals surface area contributed by atoms with Crippen LogP contribution in [0.3, 0.4) is 0 Å². The minimum absolute atomic E-state index is 1.02. The molecule has 0 heterocycles. The second-order valence-corrected chi connectivity index (χ2v) is 2.56. The van der Waals surface area contributed by atoms with E-state index >= 15 is 0 Å². The van der Waals surface area contributed by atoms with Crippen molar-refractivity contribution in [3.63, 3.8) is 0 Å². The summed E-state index contributed by atoms with van der Waals surface area (Å²) in [6.07, 6.45) is 3.32. The van der Waals surface area contributed by atoms with Gasteiger partial charge in [-0.25, -0.2) is 0 Å². The van der Waals surface area contributed by atoms with E-state index in [1.165, 1.54) is 12.2 Å². The fourth-order valence-corrected chi connectivity index (χ4v) is 0.887. The first kappa shape index (κ1) is 7.66. The normalized spacial score (nSPS) is 9.43. The topological polar surface area (TPSA) is 12.0 Å². The molecular weight excluding hydrogens is 126 g/mol. The van der Waals surface area contributed by atoms with Gasteiger partial charge < -0.3 is 0 Å². The quantitative estimate of drug-likeness (QED) is 0.446. The molecule has 1 nitrogen and oxygen atoms in total. The summed E-state index contributed by atoms with van der Waals surface area (Å²) < 4.78 is 2.78. The molecule has 0 aliphatic carbocycles. The molecule has 0 aromatic heterocycles. The molecule has 0 aliphatic rings. The van der Waals surface area contributed by atoms with Gasteiger partial charge in [0.15, 0.2) is 0 Å². The zero-order valence-electron chi connectivity index (χ0n) is 4.48. The van der Waals surface area contributed by atoms with E-state index in [0.717, 1.165) is 6.54 Å². The Morgan fingerprint density at radius 1 is 1.71 bits per heavy atom. The van der Waals surface area contributed by atoms with Crippen LogP contribution in [0.15, 0.2) is 0 Å². The first-order valence-electron chi connectivity index (χ1n) is 2.27. The minimum atomic E-state index is 1.02. The van der Waals surface area contributed by atoms with E-state index in [0.29, 0.717) is 0 Å². The van der Waals surface area contributed by atoms with E-state index in [1.54, 1.807) is 0 Å². The lowest BCUT2D eigenvalue weighted by atomic mass is 10.5. The second kappa shape index (κ2) is 6.66. The van der Waals surface area contributed by atoms with Crippen LogP contribution < -0.4 is 4.72 Å². The van der Waals surface area contributed by atoms with Gasteiger partial charge >= 0.3 is 0 Å². The maximum Gasteiger partial charge on any atom is 0.00640 e. The summed E-state index contributed by atoms with van der Waals surface area (Å²) in [6, 6.07) is 0. The van der Waals surface area contributed by atoms with Crippen molar-refractivity contribution < 1.29 is 0 Å². The largest absolute Gasteiger partial charge is 0.267 e. The Balaban J connectivity index is 2.45. The number of hydrogen-bond donors (Lipinski definition) is 2. The molecule has 1 N–H and O–H groups in total. The van der Waals surface area contributed by atoms with E-state index < -0.39 is 0 Å². The van der Waals surface area contributed by atoms with E-state index in [4.69, 9.17) is 0 Å². The highest BCUT2D eigenvalue weighted by Crippen LogP contribution is 1.92. The van der Waals surface area contributed by atoms with Crippen molar-refractivity contribution in [2.45, 2.75) is 6.42 Å². The van der Waals surface area contributed by atoms with Crippen molar-refractivity contribution in [2.75, 3.05) is 18.6 Å². The second-order valence-electron chi connectivity index (χ2n) is 1.25. The monoisotopic (exact) mass is 137 g/mol. The van der Waals surface area contributed by atoms with Gasteiger partial charge in [-0.1, -0.05) is 12.8 Å².